The highest BCUT2D eigenvalue weighted by Gasteiger charge is 2.42. The van der Waals surface area contributed by atoms with Gasteiger partial charge in [-0.15, -0.1) is 0 Å². The largest absolute Gasteiger partial charge is 0.482 e. The summed E-state index contributed by atoms with van der Waals surface area (Å²) in [7, 11) is 2.93. The summed E-state index contributed by atoms with van der Waals surface area (Å²) >= 11 is 0. The lowest BCUT2D eigenvalue weighted by atomic mass is 10.1. The van der Waals surface area contributed by atoms with Crippen LogP contribution in [0.2, 0.25) is 0 Å². The summed E-state index contributed by atoms with van der Waals surface area (Å²) < 4.78 is 38.3. The van der Waals surface area contributed by atoms with Crippen molar-refractivity contribution in [2.24, 2.45) is 0 Å². The van der Waals surface area contributed by atoms with Gasteiger partial charge in [0.1, 0.15) is 7.11 Å². The molecule has 0 aliphatic rings. The molecule has 0 saturated carbocycles. The number of pyridine rings is 1. The quantitative estimate of drug-likeness (QED) is 0.800. The molecule has 1 aromatic heterocycles. The molecule has 0 aliphatic carbocycles. The molecule has 1 N–H and O–H groups in total. The fourth-order valence-corrected chi connectivity index (χ4v) is 1.29. The van der Waals surface area contributed by atoms with E-state index in [1.165, 1.54) is 19.4 Å². The van der Waals surface area contributed by atoms with Crippen molar-refractivity contribution in [1.29, 1.82) is 0 Å². The van der Waals surface area contributed by atoms with Gasteiger partial charge in [-0.2, -0.15) is 13.2 Å². The Bertz CT molecular complexity index is 366. The second-order valence-electron chi connectivity index (χ2n) is 3.36. The van der Waals surface area contributed by atoms with Gasteiger partial charge in [-0.25, -0.2) is 0 Å². The molecule has 0 unspecified atom stereocenters. The lowest BCUT2D eigenvalue weighted by Gasteiger charge is -2.10. The zero-order valence-electron chi connectivity index (χ0n) is 9.30. The maximum Gasteiger partial charge on any atom is 0.482 e. The van der Waals surface area contributed by atoms with Gasteiger partial charge in [-0.1, -0.05) is 0 Å². The monoisotopic (exact) mass is 235 g/mol. The number of halogens is 3. The Hall–Kier alpha value is -1.30. The number of hydrogen-bond acceptors (Lipinski definition) is 2. The standard InChI is InChI=1S/C10H14F3N2O/c1-7(14-2)8-4-5-9(10(11,12)13)15(6-8)16-3/h4-7,14H,1-3H3/q+1/t7-/m1/s1. The summed E-state index contributed by atoms with van der Waals surface area (Å²) in [5, 5.41) is 2.94. The van der Waals surface area contributed by atoms with E-state index in [0.29, 0.717) is 0 Å². The average Bonchev–Trinajstić information content (AvgIpc) is 2.25. The van der Waals surface area contributed by atoms with Crippen LogP contribution in [0.1, 0.15) is 24.2 Å². The predicted molar refractivity (Wildman–Crippen MR) is 51.6 cm³/mol. The summed E-state index contributed by atoms with van der Waals surface area (Å²) in [6.45, 7) is 1.85. The van der Waals surface area contributed by atoms with Crippen molar-refractivity contribution in [2.45, 2.75) is 19.1 Å². The van der Waals surface area contributed by atoms with Crippen molar-refractivity contribution in [1.82, 2.24) is 5.32 Å². The molecule has 0 spiro atoms. The number of nitrogens with zero attached hydrogens (tertiary/aromatic N) is 1. The van der Waals surface area contributed by atoms with Crippen LogP contribution >= 0.6 is 0 Å². The van der Waals surface area contributed by atoms with Crippen LogP contribution in [0.5, 0.6) is 0 Å². The van der Waals surface area contributed by atoms with Crippen molar-refractivity contribution < 1.29 is 22.7 Å². The fraction of sp³-hybridized carbons (Fsp3) is 0.500. The van der Waals surface area contributed by atoms with E-state index in [1.54, 1.807) is 7.05 Å². The molecule has 0 radical (unpaired) electrons. The zero-order valence-corrected chi connectivity index (χ0v) is 9.30. The lowest BCUT2D eigenvalue weighted by molar-refractivity contribution is -0.896. The fourth-order valence-electron chi connectivity index (χ4n) is 1.29. The van der Waals surface area contributed by atoms with Crippen LogP contribution in [0.25, 0.3) is 0 Å². The number of nitrogens with one attached hydrogen (secondary N) is 1. The van der Waals surface area contributed by atoms with E-state index in [-0.39, 0.29) is 6.04 Å². The van der Waals surface area contributed by atoms with Gasteiger partial charge in [0, 0.05) is 22.4 Å². The summed E-state index contributed by atoms with van der Waals surface area (Å²) in [6.07, 6.45) is -3.10. The molecule has 0 amide bonds. The number of hydrogen-bond donors (Lipinski definition) is 1. The van der Waals surface area contributed by atoms with Crippen LogP contribution in [0, 0.1) is 0 Å². The van der Waals surface area contributed by atoms with Gasteiger partial charge in [0.15, 0.2) is 0 Å². The minimum absolute atomic E-state index is 0.0383. The van der Waals surface area contributed by atoms with E-state index in [0.717, 1.165) is 16.4 Å². The van der Waals surface area contributed by atoms with Gasteiger partial charge in [-0.05, 0) is 20.0 Å². The van der Waals surface area contributed by atoms with Crippen molar-refractivity contribution in [3.8, 4) is 0 Å². The van der Waals surface area contributed by atoms with E-state index >= 15 is 0 Å². The molecule has 1 atom stereocenters. The van der Waals surface area contributed by atoms with Gasteiger partial charge in [-0.3, -0.25) is 4.84 Å². The van der Waals surface area contributed by atoms with Gasteiger partial charge in [0.25, 0.3) is 0 Å². The van der Waals surface area contributed by atoms with Gasteiger partial charge < -0.3 is 5.32 Å². The van der Waals surface area contributed by atoms with Crippen molar-refractivity contribution in [2.75, 3.05) is 14.2 Å². The summed E-state index contributed by atoms with van der Waals surface area (Å²) in [5.41, 5.74) is -0.112. The Balaban J connectivity index is 3.17. The Labute approximate surface area is 91.8 Å². The first-order valence-electron chi connectivity index (χ1n) is 4.74. The summed E-state index contributed by atoms with van der Waals surface area (Å²) in [5.74, 6) is 0. The zero-order chi connectivity index (χ0) is 12.3. The third-order valence-corrected chi connectivity index (χ3v) is 2.36. The average molecular weight is 235 g/mol. The molecule has 0 bridgehead atoms. The van der Waals surface area contributed by atoms with Crippen LogP contribution in [0.3, 0.4) is 0 Å². The molecule has 16 heavy (non-hydrogen) atoms. The molecule has 0 aliphatic heterocycles. The number of rotatable bonds is 3. The molecular weight excluding hydrogens is 221 g/mol. The molecule has 1 heterocycles. The SMILES string of the molecule is CN[C@H](C)c1ccc(C(F)(F)F)[n+](OC)c1. The molecular formula is C10H14F3N2O+. The van der Waals surface area contributed by atoms with E-state index in [1.807, 2.05) is 6.92 Å². The minimum Gasteiger partial charge on any atom is -0.313 e. The first kappa shape index (κ1) is 12.8. The van der Waals surface area contributed by atoms with Crippen molar-refractivity contribution in [3.63, 3.8) is 0 Å². The Kier molecular flexibility index (Phi) is 3.74. The first-order valence-corrected chi connectivity index (χ1v) is 4.74. The minimum atomic E-state index is -4.42. The molecule has 0 fully saturated rings. The van der Waals surface area contributed by atoms with Crippen LogP contribution in [-0.2, 0) is 6.18 Å². The van der Waals surface area contributed by atoms with Crippen LogP contribution < -0.4 is 14.9 Å². The van der Waals surface area contributed by atoms with Crippen LogP contribution in [0.15, 0.2) is 18.3 Å². The highest BCUT2D eigenvalue weighted by atomic mass is 19.4. The molecule has 0 saturated heterocycles. The lowest BCUT2D eigenvalue weighted by Crippen LogP contribution is -2.47. The summed E-state index contributed by atoms with van der Waals surface area (Å²) in [4.78, 5) is 4.68. The van der Waals surface area contributed by atoms with Gasteiger partial charge in [0.2, 0.25) is 6.20 Å². The molecule has 1 rings (SSSR count). The van der Waals surface area contributed by atoms with Gasteiger partial charge >= 0.3 is 11.9 Å². The van der Waals surface area contributed by atoms with Crippen molar-refractivity contribution in [3.05, 3.63) is 29.6 Å². The highest BCUT2D eigenvalue weighted by Crippen LogP contribution is 2.26. The third-order valence-electron chi connectivity index (χ3n) is 2.36. The van der Waals surface area contributed by atoms with Gasteiger partial charge in [0.05, 0.1) is 0 Å². The summed E-state index contributed by atoms with van der Waals surface area (Å²) in [6, 6.07) is 2.40. The Morgan fingerprint density at radius 3 is 2.44 bits per heavy atom. The van der Waals surface area contributed by atoms with Crippen molar-refractivity contribution >= 4 is 0 Å². The molecule has 6 heteroatoms. The first-order chi connectivity index (χ1) is 7.40. The highest BCUT2D eigenvalue weighted by molar-refractivity contribution is 5.14. The smallest absolute Gasteiger partial charge is 0.313 e. The second-order valence-corrected chi connectivity index (χ2v) is 3.36. The van der Waals surface area contributed by atoms with E-state index in [4.69, 9.17) is 0 Å². The van der Waals surface area contributed by atoms with E-state index < -0.39 is 11.9 Å². The maximum atomic E-state index is 12.5. The normalized spacial score (nSPS) is 13.6. The molecule has 90 valence electrons. The van der Waals surface area contributed by atoms with E-state index in [2.05, 4.69) is 10.2 Å². The molecule has 1 aromatic rings. The molecule has 3 nitrogen and oxygen atoms in total. The third kappa shape index (κ3) is 2.63. The van der Waals surface area contributed by atoms with Crippen LogP contribution in [-0.4, -0.2) is 14.2 Å². The molecule has 0 aromatic carbocycles. The maximum absolute atomic E-state index is 12.5. The number of alkyl halides is 3. The Morgan fingerprint density at radius 2 is 2.00 bits per heavy atom. The topological polar surface area (TPSA) is 25.1 Å². The Morgan fingerprint density at radius 1 is 1.38 bits per heavy atom. The number of aromatic nitrogens is 1. The second kappa shape index (κ2) is 4.69. The van der Waals surface area contributed by atoms with E-state index in [9.17, 15) is 13.2 Å². The predicted octanol–water partition coefficient (Wildman–Crippen LogP) is 1.33. The van der Waals surface area contributed by atoms with Crippen LogP contribution in [0.4, 0.5) is 13.2 Å².